The van der Waals surface area contributed by atoms with Gasteiger partial charge in [-0.05, 0) is 24.3 Å². The largest absolute Gasteiger partial charge is 0.507 e. The Morgan fingerprint density at radius 2 is 1.74 bits per heavy atom. The fourth-order valence-corrected chi connectivity index (χ4v) is 3.31. The SMILES string of the molecule is O=[N+]([O-])c1ccc(N=Nc2ccc(O)c3cccc(Cl)c23)c(S(=O)(=O)F)c1. The molecule has 8 nitrogen and oxygen atoms in total. The van der Waals surface area contributed by atoms with Crippen LogP contribution in [-0.2, 0) is 10.2 Å². The number of rotatable bonds is 4. The van der Waals surface area contributed by atoms with Crippen LogP contribution >= 0.6 is 11.6 Å². The molecule has 138 valence electrons. The topological polar surface area (TPSA) is 122 Å². The van der Waals surface area contributed by atoms with Crippen molar-refractivity contribution in [2.45, 2.75) is 4.90 Å². The third kappa shape index (κ3) is 3.71. The molecular weight excluding hydrogens is 401 g/mol. The normalized spacial score (nSPS) is 11.9. The van der Waals surface area contributed by atoms with E-state index in [0.717, 1.165) is 12.1 Å². The minimum atomic E-state index is -5.28. The van der Waals surface area contributed by atoms with Crippen LogP contribution in [0.4, 0.5) is 20.9 Å². The number of benzene rings is 3. The number of nitro benzene ring substituents is 1. The molecule has 3 rings (SSSR count). The maximum atomic E-state index is 13.5. The Labute approximate surface area is 156 Å². The van der Waals surface area contributed by atoms with Crippen LogP contribution in [0.3, 0.4) is 0 Å². The third-order valence-corrected chi connectivity index (χ3v) is 4.79. The van der Waals surface area contributed by atoms with Crippen LogP contribution in [-0.4, -0.2) is 18.4 Å². The summed E-state index contributed by atoms with van der Waals surface area (Å²) in [5, 5.41) is 29.3. The standard InChI is InChI=1S/C16H9ClFN3O5S/c17-11-3-1-2-10-14(22)7-6-13(16(10)11)20-19-12-5-4-9(21(23)24)8-15(12)27(18,25)26/h1-8,22H. The Morgan fingerprint density at radius 3 is 2.41 bits per heavy atom. The number of hydrogen-bond acceptors (Lipinski definition) is 7. The zero-order chi connectivity index (χ0) is 19.8. The van der Waals surface area contributed by atoms with Gasteiger partial charge in [-0.2, -0.15) is 8.42 Å². The Kier molecular flexibility index (Phi) is 4.77. The van der Waals surface area contributed by atoms with Gasteiger partial charge in [-0.25, -0.2) is 0 Å². The van der Waals surface area contributed by atoms with Gasteiger partial charge in [0.15, 0.2) is 0 Å². The van der Waals surface area contributed by atoms with Gasteiger partial charge < -0.3 is 5.11 Å². The molecule has 0 spiro atoms. The molecule has 0 radical (unpaired) electrons. The fourth-order valence-electron chi connectivity index (χ4n) is 2.41. The van der Waals surface area contributed by atoms with E-state index >= 15 is 0 Å². The molecule has 0 atom stereocenters. The molecule has 3 aromatic carbocycles. The maximum Gasteiger partial charge on any atom is 0.334 e. The van der Waals surface area contributed by atoms with Crippen molar-refractivity contribution in [2.75, 3.05) is 0 Å². The van der Waals surface area contributed by atoms with E-state index < -0.39 is 31.4 Å². The van der Waals surface area contributed by atoms with E-state index in [9.17, 15) is 27.5 Å². The second-order valence-electron chi connectivity index (χ2n) is 5.31. The van der Waals surface area contributed by atoms with E-state index in [-0.39, 0.29) is 16.5 Å². The molecular formula is C16H9ClFN3O5S. The molecule has 0 saturated carbocycles. The number of hydrogen-bond donors (Lipinski definition) is 1. The predicted molar refractivity (Wildman–Crippen MR) is 96.2 cm³/mol. The zero-order valence-corrected chi connectivity index (χ0v) is 14.8. The van der Waals surface area contributed by atoms with Crippen molar-refractivity contribution in [2.24, 2.45) is 10.2 Å². The molecule has 0 saturated heterocycles. The number of aromatic hydroxyl groups is 1. The van der Waals surface area contributed by atoms with Gasteiger partial charge in [-0.15, -0.1) is 14.1 Å². The molecule has 0 amide bonds. The van der Waals surface area contributed by atoms with Crippen molar-refractivity contribution in [3.8, 4) is 5.75 Å². The van der Waals surface area contributed by atoms with Crippen molar-refractivity contribution >= 4 is 49.7 Å². The van der Waals surface area contributed by atoms with Crippen molar-refractivity contribution < 1.29 is 22.3 Å². The second kappa shape index (κ2) is 6.89. The summed E-state index contributed by atoms with van der Waals surface area (Å²) in [6.45, 7) is 0. The molecule has 3 aromatic rings. The molecule has 0 heterocycles. The van der Waals surface area contributed by atoms with E-state index in [0.29, 0.717) is 16.8 Å². The monoisotopic (exact) mass is 409 g/mol. The lowest BCUT2D eigenvalue weighted by Crippen LogP contribution is -1.95. The van der Waals surface area contributed by atoms with Gasteiger partial charge in [0.05, 0.1) is 15.6 Å². The van der Waals surface area contributed by atoms with Gasteiger partial charge in [0.1, 0.15) is 16.3 Å². The third-order valence-electron chi connectivity index (χ3n) is 3.63. The van der Waals surface area contributed by atoms with Crippen LogP contribution in [0, 0.1) is 10.1 Å². The highest BCUT2D eigenvalue weighted by molar-refractivity contribution is 7.86. The lowest BCUT2D eigenvalue weighted by Gasteiger charge is -2.06. The second-order valence-corrected chi connectivity index (χ2v) is 7.04. The molecule has 0 aliphatic heterocycles. The first-order valence-electron chi connectivity index (χ1n) is 7.23. The summed E-state index contributed by atoms with van der Waals surface area (Å²) >= 11 is 6.13. The predicted octanol–water partition coefficient (Wildman–Crippen LogP) is 5.18. The Hall–Kier alpha value is -3.11. The lowest BCUT2D eigenvalue weighted by atomic mass is 10.1. The smallest absolute Gasteiger partial charge is 0.334 e. The highest BCUT2D eigenvalue weighted by atomic mass is 35.5. The van der Waals surface area contributed by atoms with E-state index in [1.807, 2.05) is 0 Å². The van der Waals surface area contributed by atoms with Gasteiger partial charge in [-0.3, -0.25) is 10.1 Å². The Balaban J connectivity index is 2.17. The average molecular weight is 410 g/mol. The summed E-state index contributed by atoms with van der Waals surface area (Å²) in [6, 6.07) is 10.0. The van der Waals surface area contributed by atoms with Gasteiger partial charge >= 0.3 is 10.2 Å². The van der Waals surface area contributed by atoms with Crippen LogP contribution in [0.1, 0.15) is 0 Å². The fraction of sp³-hybridized carbons (Fsp3) is 0. The molecule has 1 N–H and O–H groups in total. The van der Waals surface area contributed by atoms with E-state index in [2.05, 4.69) is 10.2 Å². The summed E-state index contributed by atoms with van der Waals surface area (Å²) in [7, 11) is -5.28. The number of azo groups is 1. The van der Waals surface area contributed by atoms with E-state index in [1.54, 1.807) is 18.2 Å². The Morgan fingerprint density at radius 1 is 1.07 bits per heavy atom. The first-order valence-corrected chi connectivity index (χ1v) is 8.99. The van der Waals surface area contributed by atoms with Crippen molar-refractivity contribution in [1.82, 2.24) is 0 Å². The molecule has 0 aliphatic carbocycles. The minimum absolute atomic E-state index is 0.0474. The number of phenolic OH excluding ortho intramolecular Hbond substituents is 1. The maximum absolute atomic E-state index is 13.5. The zero-order valence-electron chi connectivity index (χ0n) is 13.2. The average Bonchev–Trinajstić information content (AvgIpc) is 2.60. The van der Waals surface area contributed by atoms with Crippen molar-refractivity contribution in [3.05, 3.63) is 63.7 Å². The molecule has 0 aromatic heterocycles. The number of nitro groups is 1. The molecule has 0 fully saturated rings. The molecule has 0 aliphatic rings. The number of non-ortho nitro benzene ring substituents is 1. The van der Waals surface area contributed by atoms with Crippen molar-refractivity contribution in [3.63, 3.8) is 0 Å². The van der Waals surface area contributed by atoms with Crippen LogP contribution < -0.4 is 0 Å². The van der Waals surface area contributed by atoms with Crippen LogP contribution in [0.15, 0.2) is 63.7 Å². The van der Waals surface area contributed by atoms with Crippen LogP contribution in [0.5, 0.6) is 5.75 Å². The Bertz CT molecular complexity index is 1210. The van der Waals surface area contributed by atoms with Gasteiger partial charge in [0, 0.05) is 22.9 Å². The highest BCUT2D eigenvalue weighted by Crippen LogP contribution is 2.38. The summed E-state index contributed by atoms with van der Waals surface area (Å²) in [5.74, 6) is -0.0474. The van der Waals surface area contributed by atoms with Crippen LogP contribution in [0.25, 0.3) is 10.8 Å². The number of fused-ring (bicyclic) bond motifs is 1. The summed E-state index contributed by atoms with van der Waals surface area (Å²) in [4.78, 5) is 8.95. The van der Waals surface area contributed by atoms with Gasteiger partial charge in [0.25, 0.3) is 5.69 Å². The molecule has 0 bridgehead atoms. The first kappa shape index (κ1) is 18.7. The first-order chi connectivity index (χ1) is 12.7. The number of halogens is 2. The number of nitrogens with zero attached hydrogens (tertiary/aromatic N) is 3. The number of phenols is 1. The van der Waals surface area contributed by atoms with Gasteiger partial charge in [-0.1, -0.05) is 23.7 Å². The summed E-state index contributed by atoms with van der Waals surface area (Å²) < 4.78 is 36.1. The quantitative estimate of drug-likeness (QED) is 0.275. The summed E-state index contributed by atoms with van der Waals surface area (Å²) in [5.41, 5.74) is -0.839. The van der Waals surface area contributed by atoms with E-state index in [1.165, 1.54) is 12.1 Å². The van der Waals surface area contributed by atoms with Gasteiger partial charge in [0.2, 0.25) is 0 Å². The van der Waals surface area contributed by atoms with Crippen molar-refractivity contribution in [1.29, 1.82) is 0 Å². The highest BCUT2D eigenvalue weighted by Gasteiger charge is 2.22. The van der Waals surface area contributed by atoms with Crippen LogP contribution in [0.2, 0.25) is 5.02 Å². The molecule has 11 heteroatoms. The molecule has 0 unspecified atom stereocenters. The molecule has 27 heavy (non-hydrogen) atoms. The lowest BCUT2D eigenvalue weighted by molar-refractivity contribution is -0.385. The summed E-state index contributed by atoms with van der Waals surface area (Å²) in [6.07, 6.45) is 0. The minimum Gasteiger partial charge on any atom is -0.507 e. The van der Waals surface area contributed by atoms with E-state index in [4.69, 9.17) is 11.6 Å².